The first-order valence-corrected chi connectivity index (χ1v) is 8.57. The first-order chi connectivity index (χ1) is 12.3. The van der Waals surface area contributed by atoms with Gasteiger partial charge in [0.1, 0.15) is 17.5 Å². The van der Waals surface area contributed by atoms with Gasteiger partial charge in [-0.3, -0.25) is 0 Å². The summed E-state index contributed by atoms with van der Waals surface area (Å²) >= 11 is 0. The fourth-order valence-corrected chi connectivity index (χ4v) is 3.15. The summed E-state index contributed by atoms with van der Waals surface area (Å²) in [6.07, 6.45) is 3.09. The molecule has 0 spiro atoms. The zero-order valence-electron chi connectivity index (χ0n) is 14.0. The summed E-state index contributed by atoms with van der Waals surface area (Å²) in [6, 6.07) is 5.13. The van der Waals surface area contributed by atoms with Crippen molar-refractivity contribution in [3.8, 4) is 0 Å². The van der Waals surface area contributed by atoms with Crippen LogP contribution in [0.25, 0.3) is 0 Å². The van der Waals surface area contributed by atoms with E-state index in [1.807, 2.05) is 12.3 Å². The van der Waals surface area contributed by atoms with Gasteiger partial charge in [-0.15, -0.1) is 0 Å². The van der Waals surface area contributed by atoms with E-state index in [1.165, 1.54) is 12.3 Å². The zero-order valence-corrected chi connectivity index (χ0v) is 14.0. The number of rotatable bonds is 3. The second-order valence-corrected chi connectivity index (χ2v) is 6.12. The molecule has 2 aromatic heterocycles. The number of anilines is 3. The highest BCUT2D eigenvalue weighted by Gasteiger charge is 2.21. The second-order valence-electron chi connectivity index (χ2n) is 6.12. The van der Waals surface area contributed by atoms with Crippen LogP contribution in [0.15, 0.2) is 30.6 Å². The molecule has 0 N–H and O–H groups in total. The van der Waals surface area contributed by atoms with Crippen molar-refractivity contribution < 1.29 is 9.13 Å². The molecule has 0 atom stereocenters. The molecule has 0 amide bonds. The maximum atomic E-state index is 13.0. The number of pyridine rings is 1. The van der Waals surface area contributed by atoms with E-state index in [-0.39, 0.29) is 5.82 Å². The standard InChI is InChI=1S/C17H21FN6O/c18-14-1-2-15(20-13-14)22-5-7-23(8-6-22)16-3-4-19-17(21-16)24-9-11-25-12-10-24/h1-4,13H,5-12H2. The number of nitrogens with zero attached hydrogens (tertiary/aromatic N) is 6. The van der Waals surface area contributed by atoms with E-state index in [1.54, 1.807) is 6.07 Å². The summed E-state index contributed by atoms with van der Waals surface area (Å²) < 4.78 is 18.4. The first kappa shape index (κ1) is 16.0. The van der Waals surface area contributed by atoms with Crippen LogP contribution >= 0.6 is 0 Å². The highest BCUT2D eigenvalue weighted by molar-refractivity contribution is 5.47. The summed E-state index contributed by atoms with van der Waals surface area (Å²) in [5, 5.41) is 0. The third-order valence-corrected chi connectivity index (χ3v) is 4.56. The molecule has 2 fully saturated rings. The second kappa shape index (κ2) is 7.18. The molecule has 25 heavy (non-hydrogen) atoms. The van der Waals surface area contributed by atoms with Gasteiger partial charge in [-0.25, -0.2) is 14.4 Å². The van der Waals surface area contributed by atoms with Gasteiger partial charge in [0.05, 0.1) is 19.4 Å². The molecule has 2 aliphatic heterocycles. The number of morpholine rings is 1. The molecule has 0 radical (unpaired) electrons. The summed E-state index contributed by atoms with van der Waals surface area (Å²) in [6.45, 7) is 6.44. The summed E-state index contributed by atoms with van der Waals surface area (Å²) in [7, 11) is 0. The van der Waals surface area contributed by atoms with Gasteiger partial charge in [0.25, 0.3) is 0 Å². The van der Waals surface area contributed by atoms with Crippen LogP contribution in [-0.2, 0) is 4.74 Å². The highest BCUT2D eigenvalue weighted by atomic mass is 19.1. The van der Waals surface area contributed by atoms with Crippen molar-refractivity contribution in [3.63, 3.8) is 0 Å². The van der Waals surface area contributed by atoms with Gasteiger partial charge in [-0.1, -0.05) is 0 Å². The molecule has 2 aliphatic rings. The van der Waals surface area contributed by atoms with Gasteiger partial charge < -0.3 is 19.4 Å². The lowest BCUT2D eigenvalue weighted by Gasteiger charge is -2.36. The number of piperazine rings is 1. The fourth-order valence-electron chi connectivity index (χ4n) is 3.15. The molecule has 2 saturated heterocycles. The van der Waals surface area contributed by atoms with Crippen LogP contribution in [0.2, 0.25) is 0 Å². The Morgan fingerprint density at radius 3 is 2.20 bits per heavy atom. The van der Waals surface area contributed by atoms with E-state index < -0.39 is 0 Å². The SMILES string of the molecule is Fc1ccc(N2CCN(c3ccnc(N4CCOCC4)n3)CC2)nc1. The Balaban J connectivity index is 1.41. The third-order valence-electron chi connectivity index (χ3n) is 4.56. The van der Waals surface area contributed by atoms with Crippen LogP contribution in [0.5, 0.6) is 0 Å². The molecule has 0 saturated carbocycles. The quantitative estimate of drug-likeness (QED) is 0.828. The maximum absolute atomic E-state index is 13.0. The van der Waals surface area contributed by atoms with Gasteiger partial charge in [0.2, 0.25) is 5.95 Å². The molecule has 2 aromatic rings. The van der Waals surface area contributed by atoms with Crippen molar-refractivity contribution in [3.05, 3.63) is 36.4 Å². The van der Waals surface area contributed by atoms with Crippen LogP contribution in [0, 0.1) is 5.82 Å². The maximum Gasteiger partial charge on any atom is 0.227 e. The smallest absolute Gasteiger partial charge is 0.227 e. The fraction of sp³-hybridized carbons (Fsp3) is 0.471. The van der Waals surface area contributed by atoms with Crippen molar-refractivity contribution >= 4 is 17.6 Å². The molecule has 0 unspecified atom stereocenters. The molecule has 4 rings (SSSR count). The predicted octanol–water partition coefficient (Wildman–Crippen LogP) is 1.17. The minimum Gasteiger partial charge on any atom is -0.378 e. The van der Waals surface area contributed by atoms with Crippen molar-refractivity contribution in [1.29, 1.82) is 0 Å². The predicted molar refractivity (Wildman–Crippen MR) is 93.7 cm³/mol. The third kappa shape index (κ3) is 3.63. The molecular formula is C17H21FN6O. The molecule has 0 bridgehead atoms. The largest absolute Gasteiger partial charge is 0.378 e. The van der Waals surface area contributed by atoms with Crippen LogP contribution in [0.1, 0.15) is 0 Å². The van der Waals surface area contributed by atoms with Crippen LogP contribution in [0.3, 0.4) is 0 Å². The van der Waals surface area contributed by atoms with E-state index >= 15 is 0 Å². The van der Waals surface area contributed by atoms with E-state index in [0.717, 1.165) is 70.1 Å². The van der Waals surface area contributed by atoms with Gasteiger partial charge in [-0.2, -0.15) is 4.98 Å². The number of aromatic nitrogens is 3. The Morgan fingerprint density at radius 1 is 0.800 bits per heavy atom. The minimum absolute atomic E-state index is 0.306. The molecule has 0 aliphatic carbocycles. The molecule has 4 heterocycles. The molecule has 132 valence electrons. The van der Waals surface area contributed by atoms with Crippen molar-refractivity contribution in [1.82, 2.24) is 15.0 Å². The topological polar surface area (TPSA) is 57.6 Å². The monoisotopic (exact) mass is 344 g/mol. The van der Waals surface area contributed by atoms with Gasteiger partial charge in [-0.05, 0) is 18.2 Å². The Morgan fingerprint density at radius 2 is 1.52 bits per heavy atom. The van der Waals surface area contributed by atoms with Crippen molar-refractivity contribution in [2.75, 3.05) is 67.2 Å². The average Bonchev–Trinajstić information content (AvgIpc) is 2.70. The Labute approximate surface area is 146 Å². The Bertz CT molecular complexity index is 699. The van der Waals surface area contributed by atoms with Crippen molar-refractivity contribution in [2.45, 2.75) is 0 Å². The Kier molecular flexibility index (Phi) is 4.60. The van der Waals surface area contributed by atoms with E-state index in [0.29, 0.717) is 0 Å². The van der Waals surface area contributed by atoms with Crippen molar-refractivity contribution in [2.24, 2.45) is 0 Å². The lowest BCUT2D eigenvalue weighted by molar-refractivity contribution is 0.122. The number of halogens is 1. The van der Waals surface area contributed by atoms with Gasteiger partial charge in [0, 0.05) is 45.5 Å². The highest BCUT2D eigenvalue weighted by Crippen LogP contribution is 2.19. The molecule has 7 nitrogen and oxygen atoms in total. The summed E-state index contributed by atoms with van der Waals surface area (Å²) in [5.74, 6) is 2.23. The summed E-state index contributed by atoms with van der Waals surface area (Å²) in [5.41, 5.74) is 0. The summed E-state index contributed by atoms with van der Waals surface area (Å²) in [4.78, 5) is 19.9. The average molecular weight is 344 g/mol. The van der Waals surface area contributed by atoms with Gasteiger partial charge >= 0.3 is 0 Å². The molecule has 8 heteroatoms. The minimum atomic E-state index is -0.306. The van der Waals surface area contributed by atoms with E-state index in [9.17, 15) is 4.39 Å². The van der Waals surface area contributed by atoms with Crippen LogP contribution in [-0.4, -0.2) is 67.4 Å². The number of hydrogen-bond donors (Lipinski definition) is 0. The Hall–Kier alpha value is -2.48. The number of ether oxygens (including phenoxy) is 1. The van der Waals surface area contributed by atoms with E-state index in [4.69, 9.17) is 9.72 Å². The normalized spacial score (nSPS) is 18.5. The van der Waals surface area contributed by atoms with Crippen LogP contribution < -0.4 is 14.7 Å². The lowest BCUT2D eigenvalue weighted by Crippen LogP contribution is -2.47. The first-order valence-electron chi connectivity index (χ1n) is 8.57. The molecule has 0 aromatic carbocycles. The zero-order chi connectivity index (χ0) is 17.1. The van der Waals surface area contributed by atoms with Gasteiger partial charge in [0.15, 0.2) is 0 Å². The lowest BCUT2D eigenvalue weighted by atomic mass is 10.3. The number of hydrogen-bond acceptors (Lipinski definition) is 7. The molecular weight excluding hydrogens is 323 g/mol. The van der Waals surface area contributed by atoms with Crippen LogP contribution in [0.4, 0.5) is 22.0 Å². The van der Waals surface area contributed by atoms with E-state index in [2.05, 4.69) is 24.7 Å².